The fraction of sp³-hybridized carbons (Fsp3) is 0.609. The van der Waals surface area contributed by atoms with Gasteiger partial charge in [-0.05, 0) is 44.1 Å². The van der Waals surface area contributed by atoms with Gasteiger partial charge in [-0.1, -0.05) is 27.7 Å². The molecule has 0 unspecified atom stereocenters. The summed E-state index contributed by atoms with van der Waals surface area (Å²) in [6.45, 7) is 14.9. The Kier molecular flexibility index (Phi) is 5.51. The lowest BCUT2D eigenvalue weighted by Crippen LogP contribution is -2.33. The van der Waals surface area contributed by atoms with Gasteiger partial charge in [0.1, 0.15) is 17.0 Å². The third-order valence-corrected chi connectivity index (χ3v) is 6.61. The van der Waals surface area contributed by atoms with Crippen molar-refractivity contribution in [1.29, 1.82) is 0 Å². The van der Waals surface area contributed by atoms with Crippen LogP contribution < -0.4 is 5.32 Å². The van der Waals surface area contributed by atoms with E-state index in [0.717, 1.165) is 46.7 Å². The lowest BCUT2D eigenvalue weighted by molar-refractivity contribution is -0.0402. The molecular weight excluding hydrogens is 380 g/mol. The molecule has 0 atom stereocenters. The summed E-state index contributed by atoms with van der Waals surface area (Å²) in [6.07, 6.45) is 4.67. The molecule has 0 bridgehead atoms. The fourth-order valence-corrected chi connectivity index (χ4v) is 5.18. The molecule has 0 aliphatic carbocycles. The molecule has 0 spiro atoms. The van der Waals surface area contributed by atoms with E-state index in [0.29, 0.717) is 18.4 Å². The molecule has 1 aliphatic rings. The maximum atomic E-state index is 6.17. The highest BCUT2D eigenvalue weighted by Gasteiger charge is 2.31. The molecule has 29 heavy (non-hydrogen) atoms. The molecule has 4 rings (SSSR count). The Hall–Kier alpha value is -1.79. The van der Waals surface area contributed by atoms with Crippen molar-refractivity contribution in [3.8, 4) is 0 Å². The van der Waals surface area contributed by atoms with Gasteiger partial charge in [-0.25, -0.2) is 15.0 Å². The number of hydrogen-bond donors (Lipinski definition) is 1. The summed E-state index contributed by atoms with van der Waals surface area (Å²) < 4.78 is 7.29. The summed E-state index contributed by atoms with van der Waals surface area (Å²) in [7, 11) is 0. The summed E-state index contributed by atoms with van der Waals surface area (Å²) in [6, 6.07) is 0. The largest absolute Gasteiger partial charge is 0.370 e. The maximum absolute atomic E-state index is 6.17. The van der Waals surface area contributed by atoms with Gasteiger partial charge >= 0.3 is 0 Å². The standard InChI is InChI=1S/C23H32N4OS/c1-13(2)7-8-24-21-20-19(25-12-26-21)18-15-10-23(5,6)28-11-16(15)17(9-14(3)4)27-22(18)29-20/h12-14H,7-11H2,1-6H3,(H,24,25,26). The van der Waals surface area contributed by atoms with Crippen molar-refractivity contribution in [3.63, 3.8) is 0 Å². The summed E-state index contributed by atoms with van der Waals surface area (Å²) >= 11 is 1.72. The minimum absolute atomic E-state index is 0.171. The quantitative estimate of drug-likeness (QED) is 0.559. The number of thiophene rings is 1. The average Bonchev–Trinajstić information content (AvgIpc) is 2.99. The van der Waals surface area contributed by atoms with Crippen LogP contribution in [0.25, 0.3) is 20.4 Å². The van der Waals surface area contributed by atoms with E-state index in [1.807, 2.05) is 0 Å². The zero-order valence-corrected chi connectivity index (χ0v) is 19.2. The Bertz CT molecular complexity index is 1040. The van der Waals surface area contributed by atoms with Crippen molar-refractivity contribution in [2.75, 3.05) is 11.9 Å². The van der Waals surface area contributed by atoms with E-state index in [-0.39, 0.29) is 5.60 Å². The van der Waals surface area contributed by atoms with Gasteiger partial charge in [0, 0.05) is 29.6 Å². The Balaban J connectivity index is 1.89. The zero-order chi connectivity index (χ0) is 20.8. The lowest BCUT2D eigenvalue weighted by Gasteiger charge is -2.33. The van der Waals surface area contributed by atoms with Crippen molar-refractivity contribution >= 4 is 37.6 Å². The second-order valence-electron chi connectivity index (χ2n) is 9.63. The fourth-order valence-electron chi connectivity index (χ4n) is 4.03. The van der Waals surface area contributed by atoms with Crippen LogP contribution in [0.3, 0.4) is 0 Å². The van der Waals surface area contributed by atoms with Gasteiger partial charge in [-0.15, -0.1) is 11.3 Å². The molecule has 0 radical (unpaired) electrons. The minimum atomic E-state index is -0.171. The molecule has 0 fully saturated rings. The van der Waals surface area contributed by atoms with E-state index >= 15 is 0 Å². The van der Waals surface area contributed by atoms with Crippen molar-refractivity contribution in [3.05, 3.63) is 23.1 Å². The van der Waals surface area contributed by atoms with E-state index in [1.165, 1.54) is 22.2 Å². The van der Waals surface area contributed by atoms with Crippen molar-refractivity contribution in [2.45, 2.75) is 73.0 Å². The van der Waals surface area contributed by atoms with Gasteiger partial charge in [0.05, 0.1) is 22.4 Å². The maximum Gasteiger partial charge on any atom is 0.147 e. The van der Waals surface area contributed by atoms with Crippen molar-refractivity contribution in [1.82, 2.24) is 15.0 Å². The van der Waals surface area contributed by atoms with Crippen LogP contribution in [0.1, 0.15) is 64.8 Å². The van der Waals surface area contributed by atoms with Crippen molar-refractivity contribution in [2.24, 2.45) is 11.8 Å². The van der Waals surface area contributed by atoms with Crippen LogP contribution in [0.4, 0.5) is 5.82 Å². The molecule has 4 heterocycles. The Labute approximate surface area is 177 Å². The molecule has 156 valence electrons. The number of anilines is 1. The Morgan fingerprint density at radius 3 is 2.66 bits per heavy atom. The smallest absolute Gasteiger partial charge is 0.147 e. The number of ether oxygens (including phenoxy) is 1. The van der Waals surface area contributed by atoms with Gasteiger partial charge in [0.15, 0.2) is 0 Å². The highest BCUT2D eigenvalue weighted by atomic mass is 32.1. The Morgan fingerprint density at radius 1 is 1.14 bits per heavy atom. The normalized spacial score (nSPS) is 16.1. The van der Waals surface area contributed by atoms with Crippen LogP contribution in [-0.4, -0.2) is 27.1 Å². The van der Waals surface area contributed by atoms with E-state index in [9.17, 15) is 0 Å². The number of fused-ring (bicyclic) bond motifs is 5. The van der Waals surface area contributed by atoms with Gasteiger partial charge in [-0.3, -0.25) is 0 Å². The molecule has 0 aromatic carbocycles. The third kappa shape index (κ3) is 4.10. The Morgan fingerprint density at radius 2 is 1.93 bits per heavy atom. The molecule has 0 saturated heterocycles. The molecule has 6 heteroatoms. The van der Waals surface area contributed by atoms with Gasteiger partial charge in [0.25, 0.3) is 0 Å². The van der Waals surface area contributed by atoms with Crippen LogP contribution in [-0.2, 0) is 24.2 Å². The molecule has 0 amide bonds. The third-order valence-electron chi connectivity index (χ3n) is 5.53. The number of rotatable bonds is 6. The number of hydrogen-bond acceptors (Lipinski definition) is 6. The molecule has 3 aromatic heterocycles. The summed E-state index contributed by atoms with van der Waals surface area (Å²) in [5.41, 5.74) is 4.70. The summed E-state index contributed by atoms with van der Waals surface area (Å²) in [5.74, 6) is 2.15. The number of aromatic nitrogens is 3. The second-order valence-corrected chi connectivity index (χ2v) is 10.6. The monoisotopic (exact) mass is 412 g/mol. The van der Waals surface area contributed by atoms with Crippen LogP contribution in [0.2, 0.25) is 0 Å². The topological polar surface area (TPSA) is 59.9 Å². The van der Waals surface area contributed by atoms with Crippen LogP contribution in [0.15, 0.2) is 6.33 Å². The van der Waals surface area contributed by atoms with Crippen LogP contribution in [0.5, 0.6) is 0 Å². The number of nitrogens with zero attached hydrogens (tertiary/aromatic N) is 3. The molecule has 1 N–H and O–H groups in total. The van der Waals surface area contributed by atoms with Crippen molar-refractivity contribution < 1.29 is 4.74 Å². The first-order chi connectivity index (χ1) is 13.7. The predicted octanol–water partition coefficient (Wildman–Crippen LogP) is 5.75. The predicted molar refractivity (Wildman–Crippen MR) is 122 cm³/mol. The summed E-state index contributed by atoms with van der Waals surface area (Å²) in [4.78, 5) is 15.4. The molecule has 3 aromatic rings. The molecule has 1 aliphatic heterocycles. The first-order valence-electron chi connectivity index (χ1n) is 10.7. The van der Waals surface area contributed by atoms with E-state index in [1.54, 1.807) is 17.7 Å². The van der Waals surface area contributed by atoms with Gasteiger partial charge in [0.2, 0.25) is 0 Å². The van der Waals surface area contributed by atoms with Gasteiger partial charge < -0.3 is 10.1 Å². The molecular formula is C23H32N4OS. The lowest BCUT2D eigenvalue weighted by atomic mass is 9.88. The molecule has 0 saturated carbocycles. The number of nitrogens with one attached hydrogen (secondary N) is 1. The second kappa shape index (κ2) is 7.80. The van der Waals surface area contributed by atoms with Gasteiger partial charge in [-0.2, -0.15) is 0 Å². The van der Waals surface area contributed by atoms with Crippen LogP contribution >= 0.6 is 11.3 Å². The SMILES string of the molecule is CC(C)CCNc1ncnc2c1sc1nc(CC(C)C)c3c(c12)CC(C)(C)OC3. The zero-order valence-electron chi connectivity index (χ0n) is 18.4. The molecule has 5 nitrogen and oxygen atoms in total. The van der Waals surface area contributed by atoms with Crippen LogP contribution in [0, 0.1) is 11.8 Å². The van der Waals surface area contributed by atoms with E-state index in [2.05, 4.69) is 51.8 Å². The first kappa shape index (κ1) is 20.5. The summed E-state index contributed by atoms with van der Waals surface area (Å²) in [5, 5.41) is 4.74. The highest BCUT2D eigenvalue weighted by Crippen LogP contribution is 2.42. The highest BCUT2D eigenvalue weighted by molar-refractivity contribution is 7.26. The van der Waals surface area contributed by atoms with E-state index in [4.69, 9.17) is 14.7 Å². The number of pyridine rings is 1. The average molecular weight is 413 g/mol. The first-order valence-corrected chi connectivity index (χ1v) is 11.5. The van der Waals surface area contributed by atoms with E-state index < -0.39 is 0 Å². The minimum Gasteiger partial charge on any atom is -0.370 e.